The van der Waals surface area contributed by atoms with Gasteiger partial charge in [0.1, 0.15) is 23.9 Å². The molecule has 3 unspecified atom stereocenters. The largest absolute Gasteiger partial charge is 0.492 e. The zero-order valence-electron chi connectivity index (χ0n) is 28.9. The first-order chi connectivity index (χ1) is 23.5. The van der Waals surface area contributed by atoms with Crippen molar-refractivity contribution in [3.8, 4) is 11.5 Å². The van der Waals surface area contributed by atoms with E-state index in [0.717, 1.165) is 36.8 Å². The summed E-state index contributed by atoms with van der Waals surface area (Å²) in [5.74, 6) is 1.62. The number of hydrogen-bond donors (Lipinski definition) is 2. The predicted octanol–water partition coefficient (Wildman–Crippen LogP) is 7.28. The van der Waals surface area contributed by atoms with Gasteiger partial charge in [0.05, 0.1) is 29.6 Å². The summed E-state index contributed by atoms with van der Waals surface area (Å²) < 4.78 is 25.6. The van der Waals surface area contributed by atoms with Crippen molar-refractivity contribution in [1.82, 2.24) is 9.99 Å². The Balaban J connectivity index is 1.58. The lowest BCUT2D eigenvalue weighted by molar-refractivity contribution is -0.566. The number of carbonyl (C=O) groups excluding carboxylic acids is 2. The number of allylic oxidation sites excluding steroid dienone is 1. The van der Waals surface area contributed by atoms with Gasteiger partial charge < -0.3 is 29.6 Å². The van der Waals surface area contributed by atoms with Crippen molar-refractivity contribution in [2.24, 2.45) is 11.7 Å². The van der Waals surface area contributed by atoms with Crippen LogP contribution in [-0.2, 0) is 20.5 Å². The van der Waals surface area contributed by atoms with Crippen LogP contribution in [0.4, 0.5) is 0 Å². The van der Waals surface area contributed by atoms with Crippen molar-refractivity contribution in [2.75, 3.05) is 32.7 Å². The average Bonchev–Trinajstić information content (AvgIpc) is 3.09. The first kappa shape index (κ1) is 40.0. The van der Waals surface area contributed by atoms with E-state index in [1.54, 1.807) is 37.3 Å². The number of rotatable bonds is 21. The fraction of sp³-hybridized carbons (Fsp3) is 0.543. The third-order valence-corrected chi connectivity index (χ3v) is 9.96. The van der Waals surface area contributed by atoms with E-state index in [9.17, 15) is 19.7 Å². The summed E-state index contributed by atoms with van der Waals surface area (Å²) in [7, 11) is 0.280. The number of primary amides is 1. The van der Waals surface area contributed by atoms with E-state index in [0.29, 0.717) is 47.8 Å². The summed E-state index contributed by atoms with van der Waals surface area (Å²) in [4.78, 5) is 35.7. The van der Waals surface area contributed by atoms with Crippen LogP contribution in [0.1, 0.15) is 93.2 Å². The van der Waals surface area contributed by atoms with Gasteiger partial charge in [-0.05, 0) is 94.0 Å². The van der Waals surface area contributed by atoms with E-state index in [2.05, 4.69) is 5.32 Å². The summed E-state index contributed by atoms with van der Waals surface area (Å²) in [6.07, 6.45) is 8.16. The number of amides is 2. The third kappa shape index (κ3) is 13.8. The van der Waals surface area contributed by atoms with Gasteiger partial charge >= 0.3 is 14.8 Å². The molecular formula is C35H50ClN4O8P. The highest BCUT2D eigenvalue weighted by molar-refractivity contribution is 7.45. The SMILES string of the molecule is C/C=C(/COP(Oc1ccc(CC(=O)NC(C)c2ccc(OCC3CCCCC3)c(C(N)=O)c2)cc1)N(C)CCCCCl)OC(C)[N+](=O)[O-]. The molecule has 1 fully saturated rings. The number of benzene rings is 2. The quantitative estimate of drug-likeness (QED) is 0.0257. The molecule has 14 heteroatoms. The number of nitrogens with zero attached hydrogens (tertiary/aromatic N) is 2. The maximum atomic E-state index is 13.0. The number of nitrogens with one attached hydrogen (secondary N) is 1. The van der Waals surface area contributed by atoms with Crippen molar-refractivity contribution in [3.05, 3.63) is 81.1 Å². The zero-order chi connectivity index (χ0) is 35.8. The van der Waals surface area contributed by atoms with Gasteiger partial charge in [-0.2, -0.15) is 0 Å². The second kappa shape index (κ2) is 20.9. The van der Waals surface area contributed by atoms with Gasteiger partial charge in [0.15, 0.2) is 0 Å². The summed E-state index contributed by atoms with van der Waals surface area (Å²) in [6, 6.07) is 12.1. The van der Waals surface area contributed by atoms with Crippen LogP contribution >= 0.6 is 20.1 Å². The Labute approximate surface area is 295 Å². The van der Waals surface area contributed by atoms with Gasteiger partial charge in [-0.3, -0.25) is 19.7 Å². The summed E-state index contributed by atoms with van der Waals surface area (Å²) in [5, 5.41) is 14.0. The lowest BCUT2D eigenvalue weighted by atomic mass is 9.90. The molecule has 2 aromatic carbocycles. The zero-order valence-corrected chi connectivity index (χ0v) is 30.5. The molecule has 0 radical (unpaired) electrons. The van der Waals surface area contributed by atoms with Crippen LogP contribution in [0, 0.1) is 16.0 Å². The highest BCUT2D eigenvalue weighted by Crippen LogP contribution is 2.43. The number of hydrogen-bond acceptors (Lipinski definition) is 9. The van der Waals surface area contributed by atoms with Crippen LogP contribution in [0.2, 0.25) is 0 Å². The second-order valence-corrected chi connectivity index (χ2v) is 14.2. The molecule has 0 bridgehead atoms. The Morgan fingerprint density at radius 3 is 2.49 bits per heavy atom. The third-order valence-electron chi connectivity index (χ3n) is 8.22. The maximum absolute atomic E-state index is 13.0. The molecule has 0 spiro atoms. The van der Waals surface area contributed by atoms with Crippen LogP contribution in [0.5, 0.6) is 11.5 Å². The lowest BCUT2D eigenvalue weighted by Gasteiger charge is -2.26. The van der Waals surface area contributed by atoms with Crippen molar-refractivity contribution >= 4 is 31.9 Å². The maximum Gasteiger partial charge on any atom is 0.350 e. The molecule has 0 aromatic heterocycles. The number of nitrogens with two attached hydrogens (primary N) is 1. The van der Waals surface area contributed by atoms with Crippen LogP contribution in [0.25, 0.3) is 0 Å². The molecular weight excluding hydrogens is 671 g/mol. The molecule has 3 atom stereocenters. The Morgan fingerprint density at radius 2 is 1.86 bits per heavy atom. The summed E-state index contributed by atoms with van der Waals surface area (Å²) in [6.45, 7) is 6.15. The molecule has 3 rings (SSSR count). The Bertz CT molecular complexity index is 1390. The van der Waals surface area contributed by atoms with Gasteiger partial charge in [-0.25, -0.2) is 4.67 Å². The average molecular weight is 721 g/mol. The van der Waals surface area contributed by atoms with Crippen LogP contribution in [0.15, 0.2) is 54.3 Å². The molecule has 2 amide bonds. The molecule has 3 N–H and O–H groups in total. The van der Waals surface area contributed by atoms with Crippen molar-refractivity contribution in [1.29, 1.82) is 0 Å². The van der Waals surface area contributed by atoms with Crippen LogP contribution < -0.4 is 20.3 Å². The van der Waals surface area contributed by atoms with Crippen molar-refractivity contribution in [2.45, 2.75) is 84.4 Å². The highest BCUT2D eigenvalue weighted by Gasteiger charge is 2.23. The topological polar surface area (TPSA) is 155 Å². The Hall–Kier alpha value is -3.44. The van der Waals surface area contributed by atoms with Gasteiger partial charge in [0.2, 0.25) is 5.91 Å². The molecule has 0 saturated heterocycles. The second-order valence-electron chi connectivity index (χ2n) is 12.2. The highest BCUT2D eigenvalue weighted by atomic mass is 35.5. The number of unbranched alkanes of at least 4 members (excludes halogenated alkanes) is 1. The molecule has 0 heterocycles. The summed E-state index contributed by atoms with van der Waals surface area (Å²) >= 11 is 5.85. The fourth-order valence-electron chi connectivity index (χ4n) is 5.29. The van der Waals surface area contributed by atoms with Crippen molar-refractivity contribution in [3.63, 3.8) is 0 Å². The molecule has 49 heavy (non-hydrogen) atoms. The fourth-order valence-corrected chi connectivity index (χ4v) is 6.72. The van der Waals surface area contributed by atoms with E-state index in [-0.39, 0.29) is 25.0 Å². The molecule has 1 saturated carbocycles. The number of alkyl halides is 1. The molecule has 270 valence electrons. The Morgan fingerprint density at radius 1 is 1.14 bits per heavy atom. The van der Waals surface area contributed by atoms with E-state index < -0.39 is 25.6 Å². The Kier molecular flexibility index (Phi) is 17.1. The number of carbonyl (C=O) groups is 2. The van der Waals surface area contributed by atoms with Gasteiger partial charge in [0.25, 0.3) is 5.91 Å². The number of nitro groups is 1. The normalized spacial score (nSPS) is 15.7. The smallest absolute Gasteiger partial charge is 0.350 e. The van der Waals surface area contributed by atoms with E-state index in [4.69, 9.17) is 35.9 Å². The monoisotopic (exact) mass is 720 g/mol. The minimum atomic E-state index is -1.59. The van der Waals surface area contributed by atoms with E-state index in [1.165, 1.54) is 26.2 Å². The van der Waals surface area contributed by atoms with Gasteiger partial charge in [0, 0.05) is 19.3 Å². The standard InChI is InChI=1S/C35H50ClN4O8P/c1-5-30(47-26(3)40(43)44)24-46-49(39(4)20-10-9-19-36)48-31-16-13-27(14-17-31)21-34(41)38-25(2)29-15-18-33(32(22-29)35(37)42)45-23-28-11-7-6-8-12-28/h5,13-18,22,25-26,28H,6-12,19-21,23-24H2,1-4H3,(H2,37,42)(H,38,41)/b30-5-. The predicted molar refractivity (Wildman–Crippen MR) is 191 cm³/mol. The van der Waals surface area contributed by atoms with Crippen molar-refractivity contribution < 1.29 is 33.0 Å². The van der Waals surface area contributed by atoms with E-state index in [1.807, 2.05) is 36.8 Å². The van der Waals surface area contributed by atoms with Crippen LogP contribution in [0.3, 0.4) is 0 Å². The number of halogens is 1. The first-order valence-electron chi connectivity index (χ1n) is 16.8. The molecule has 2 aromatic rings. The minimum Gasteiger partial charge on any atom is -0.492 e. The van der Waals surface area contributed by atoms with Gasteiger partial charge in [-0.1, -0.05) is 37.5 Å². The van der Waals surface area contributed by atoms with Gasteiger partial charge in [-0.15, -0.1) is 11.6 Å². The first-order valence-corrected chi connectivity index (χ1v) is 18.4. The minimum absolute atomic E-state index is 0.00613. The summed E-state index contributed by atoms with van der Waals surface area (Å²) in [5.41, 5.74) is 7.52. The molecule has 1 aliphatic carbocycles. The van der Waals surface area contributed by atoms with Crippen LogP contribution in [-0.4, -0.2) is 60.3 Å². The molecule has 12 nitrogen and oxygen atoms in total. The molecule has 1 aliphatic rings. The lowest BCUT2D eigenvalue weighted by Crippen LogP contribution is -2.28. The molecule has 0 aliphatic heterocycles. The van der Waals surface area contributed by atoms with E-state index >= 15 is 0 Å². The number of ether oxygens (including phenoxy) is 2.